The summed E-state index contributed by atoms with van der Waals surface area (Å²) >= 11 is 0. The van der Waals surface area contributed by atoms with Crippen molar-refractivity contribution in [1.82, 2.24) is 15.6 Å². The average molecular weight is 397 g/mol. The normalized spacial score (nSPS) is 10.4. The Morgan fingerprint density at radius 1 is 0.897 bits per heavy atom. The maximum absolute atomic E-state index is 12.4. The number of aromatic amines is 1. The van der Waals surface area contributed by atoms with Gasteiger partial charge in [-0.2, -0.15) is 0 Å². The number of H-pyrrole nitrogens is 1. The zero-order chi connectivity index (χ0) is 20.8. The van der Waals surface area contributed by atoms with Crippen LogP contribution in [-0.2, 0) is 11.3 Å². The Bertz CT molecular complexity index is 970. The zero-order valence-electron chi connectivity index (χ0n) is 16.5. The van der Waals surface area contributed by atoms with Crippen molar-refractivity contribution in [2.45, 2.75) is 6.54 Å². The third-order valence-corrected chi connectivity index (χ3v) is 4.46. The van der Waals surface area contributed by atoms with Crippen LogP contribution in [0.5, 0.6) is 17.2 Å². The van der Waals surface area contributed by atoms with Gasteiger partial charge in [-0.25, -0.2) is 0 Å². The van der Waals surface area contributed by atoms with Crippen molar-refractivity contribution in [1.29, 1.82) is 0 Å². The van der Waals surface area contributed by atoms with Gasteiger partial charge in [0.15, 0.2) is 0 Å². The molecule has 8 nitrogen and oxygen atoms in total. The van der Waals surface area contributed by atoms with Gasteiger partial charge in [-0.05, 0) is 35.9 Å². The summed E-state index contributed by atoms with van der Waals surface area (Å²) in [5.41, 5.74) is 1.90. The smallest absolute Gasteiger partial charge is 0.268 e. The Kier molecular flexibility index (Phi) is 6.23. The van der Waals surface area contributed by atoms with E-state index in [2.05, 4.69) is 15.6 Å². The van der Waals surface area contributed by atoms with Crippen molar-refractivity contribution in [3.05, 3.63) is 53.7 Å². The van der Waals surface area contributed by atoms with E-state index in [0.717, 1.165) is 16.7 Å². The number of fused-ring (bicyclic) bond motifs is 1. The fraction of sp³-hybridized carbons (Fsp3) is 0.238. The molecule has 0 bridgehead atoms. The summed E-state index contributed by atoms with van der Waals surface area (Å²) in [5.74, 6) is 1.27. The molecule has 0 fully saturated rings. The lowest BCUT2D eigenvalue weighted by atomic mass is 10.2. The molecule has 0 atom stereocenters. The highest BCUT2D eigenvalue weighted by Crippen LogP contribution is 2.33. The summed E-state index contributed by atoms with van der Waals surface area (Å²) in [6.07, 6.45) is 0. The van der Waals surface area contributed by atoms with Crippen LogP contribution in [0.15, 0.2) is 42.5 Å². The van der Waals surface area contributed by atoms with Crippen molar-refractivity contribution in [2.75, 3.05) is 27.9 Å². The number of amides is 2. The van der Waals surface area contributed by atoms with E-state index in [1.165, 1.54) is 0 Å². The van der Waals surface area contributed by atoms with Gasteiger partial charge in [0.2, 0.25) is 5.91 Å². The fourth-order valence-corrected chi connectivity index (χ4v) is 2.90. The van der Waals surface area contributed by atoms with Crippen molar-refractivity contribution >= 4 is 22.7 Å². The van der Waals surface area contributed by atoms with E-state index < -0.39 is 5.91 Å². The molecule has 0 spiro atoms. The minimum atomic E-state index is -0.398. The quantitative estimate of drug-likeness (QED) is 0.541. The van der Waals surface area contributed by atoms with Crippen molar-refractivity contribution in [2.24, 2.45) is 0 Å². The van der Waals surface area contributed by atoms with Crippen LogP contribution in [0.3, 0.4) is 0 Å². The molecule has 0 radical (unpaired) electrons. The Labute approximate surface area is 168 Å². The first-order valence-electron chi connectivity index (χ1n) is 8.97. The molecule has 1 heterocycles. The molecule has 152 valence electrons. The van der Waals surface area contributed by atoms with Gasteiger partial charge in [0, 0.05) is 11.9 Å². The number of benzene rings is 2. The molecular weight excluding hydrogens is 374 g/mol. The van der Waals surface area contributed by atoms with Gasteiger partial charge in [-0.1, -0.05) is 12.1 Å². The first kappa shape index (κ1) is 20.1. The van der Waals surface area contributed by atoms with E-state index in [1.807, 2.05) is 24.3 Å². The standard InChI is InChI=1S/C21H23N3O5/c1-27-14-6-4-13(5-7-14)11-22-19(25)12-23-21(26)16-10-15-17(28-2)8-9-18(29-3)20(15)24-16/h4-10,24H,11-12H2,1-3H3,(H,22,25)(H,23,26). The van der Waals surface area contributed by atoms with Gasteiger partial charge in [0.05, 0.1) is 33.4 Å². The number of aromatic nitrogens is 1. The summed E-state index contributed by atoms with van der Waals surface area (Å²) < 4.78 is 15.7. The van der Waals surface area contributed by atoms with Crippen molar-refractivity contribution in [3.8, 4) is 17.2 Å². The minimum Gasteiger partial charge on any atom is -0.497 e. The first-order chi connectivity index (χ1) is 14.0. The van der Waals surface area contributed by atoms with Gasteiger partial charge in [-0.15, -0.1) is 0 Å². The van der Waals surface area contributed by atoms with Gasteiger partial charge in [0.1, 0.15) is 22.9 Å². The van der Waals surface area contributed by atoms with Crippen LogP contribution in [0.1, 0.15) is 16.1 Å². The molecule has 0 aliphatic carbocycles. The Hall–Kier alpha value is -3.68. The third kappa shape index (κ3) is 4.60. The first-order valence-corrected chi connectivity index (χ1v) is 8.97. The molecule has 0 aliphatic heterocycles. The number of ether oxygens (including phenoxy) is 3. The number of nitrogens with one attached hydrogen (secondary N) is 3. The predicted molar refractivity (Wildman–Crippen MR) is 109 cm³/mol. The van der Waals surface area contributed by atoms with Crippen molar-refractivity contribution in [3.63, 3.8) is 0 Å². The zero-order valence-corrected chi connectivity index (χ0v) is 16.5. The number of rotatable bonds is 8. The van der Waals surface area contributed by atoms with Gasteiger partial charge >= 0.3 is 0 Å². The number of carbonyl (C=O) groups is 2. The van der Waals surface area contributed by atoms with Gasteiger partial charge in [0.25, 0.3) is 5.91 Å². The second kappa shape index (κ2) is 9.01. The summed E-state index contributed by atoms with van der Waals surface area (Å²) in [5, 5.41) is 6.09. The number of hydrogen-bond acceptors (Lipinski definition) is 5. The molecule has 2 amide bonds. The lowest BCUT2D eigenvalue weighted by Crippen LogP contribution is -2.36. The number of hydrogen-bond donors (Lipinski definition) is 3. The summed E-state index contributed by atoms with van der Waals surface area (Å²) in [6, 6.07) is 12.6. The number of methoxy groups -OCH3 is 3. The third-order valence-electron chi connectivity index (χ3n) is 4.46. The van der Waals surface area contributed by atoms with E-state index >= 15 is 0 Å². The van der Waals surface area contributed by atoms with Crippen LogP contribution in [0.25, 0.3) is 10.9 Å². The van der Waals surface area contributed by atoms with Crippen LogP contribution in [0.4, 0.5) is 0 Å². The Morgan fingerprint density at radius 3 is 2.24 bits per heavy atom. The van der Waals surface area contributed by atoms with Gasteiger partial charge < -0.3 is 29.8 Å². The molecule has 0 saturated heterocycles. The van der Waals surface area contributed by atoms with E-state index in [9.17, 15) is 9.59 Å². The maximum atomic E-state index is 12.4. The Morgan fingerprint density at radius 2 is 1.59 bits per heavy atom. The summed E-state index contributed by atoms with van der Waals surface area (Å²) in [6.45, 7) is 0.220. The van der Waals surface area contributed by atoms with Crippen LogP contribution >= 0.6 is 0 Å². The van der Waals surface area contributed by atoms with Crippen LogP contribution in [-0.4, -0.2) is 44.7 Å². The lowest BCUT2D eigenvalue weighted by molar-refractivity contribution is -0.120. The topological polar surface area (TPSA) is 102 Å². The second-order valence-electron chi connectivity index (χ2n) is 6.25. The highest BCUT2D eigenvalue weighted by molar-refractivity contribution is 6.02. The van der Waals surface area contributed by atoms with E-state index in [-0.39, 0.29) is 12.5 Å². The van der Waals surface area contributed by atoms with Crippen LogP contribution in [0.2, 0.25) is 0 Å². The lowest BCUT2D eigenvalue weighted by Gasteiger charge is -2.07. The largest absolute Gasteiger partial charge is 0.497 e. The Balaban J connectivity index is 1.59. The molecule has 3 aromatic rings. The second-order valence-corrected chi connectivity index (χ2v) is 6.25. The molecule has 0 saturated carbocycles. The van der Waals surface area contributed by atoms with E-state index in [4.69, 9.17) is 14.2 Å². The molecular formula is C21H23N3O5. The molecule has 0 unspecified atom stereocenters. The molecule has 3 N–H and O–H groups in total. The highest BCUT2D eigenvalue weighted by atomic mass is 16.5. The predicted octanol–water partition coefficient (Wildman–Crippen LogP) is 2.24. The van der Waals surface area contributed by atoms with E-state index in [1.54, 1.807) is 39.5 Å². The summed E-state index contributed by atoms with van der Waals surface area (Å²) in [4.78, 5) is 27.5. The maximum Gasteiger partial charge on any atom is 0.268 e. The molecule has 29 heavy (non-hydrogen) atoms. The SMILES string of the molecule is COc1ccc(CNC(=O)CNC(=O)c2cc3c(OC)ccc(OC)c3[nH]2)cc1. The van der Waals surface area contributed by atoms with Crippen molar-refractivity contribution < 1.29 is 23.8 Å². The fourth-order valence-electron chi connectivity index (χ4n) is 2.90. The number of carbonyl (C=O) groups excluding carboxylic acids is 2. The molecule has 0 aliphatic rings. The molecule has 2 aromatic carbocycles. The van der Waals surface area contributed by atoms with Gasteiger partial charge in [-0.3, -0.25) is 9.59 Å². The highest BCUT2D eigenvalue weighted by Gasteiger charge is 2.16. The molecule has 1 aromatic heterocycles. The average Bonchev–Trinajstić information content (AvgIpc) is 3.21. The van der Waals surface area contributed by atoms with Crippen LogP contribution < -0.4 is 24.8 Å². The van der Waals surface area contributed by atoms with Crippen LogP contribution in [0, 0.1) is 0 Å². The monoisotopic (exact) mass is 397 g/mol. The minimum absolute atomic E-state index is 0.140. The molecule has 3 rings (SSSR count). The molecule has 8 heteroatoms. The summed E-state index contributed by atoms with van der Waals surface area (Å²) in [7, 11) is 4.70. The van der Waals surface area contributed by atoms with E-state index in [0.29, 0.717) is 29.3 Å².